The fraction of sp³-hybridized carbons (Fsp3) is 0.222. The van der Waals surface area contributed by atoms with E-state index in [0.29, 0.717) is 0 Å². The van der Waals surface area contributed by atoms with Crippen molar-refractivity contribution in [3.05, 3.63) is 24.3 Å². The van der Waals surface area contributed by atoms with Crippen LogP contribution in [0.4, 0.5) is 0 Å². The third kappa shape index (κ3) is 2.42. The van der Waals surface area contributed by atoms with Crippen LogP contribution >= 0.6 is 0 Å². The van der Waals surface area contributed by atoms with Crippen LogP contribution < -0.4 is 0 Å². The van der Waals surface area contributed by atoms with Crippen molar-refractivity contribution in [2.24, 2.45) is 0 Å². The van der Waals surface area contributed by atoms with Crippen molar-refractivity contribution < 1.29 is 9.90 Å². The topological polar surface area (TPSA) is 37.3 Å². The summed E-state index contributed by atoms with van der Waals surface area (Å²) < 4.78 is 0. The van der Waals surface area contributed by atoms with Crippen LogP contribution in [0.15, 0.2) is 24.3 Å². The molecule has 0 aromatic rings. The average molecular weight is 150 g/mol. The standard InChI is InChI=1S/C6H4.C3H6O2/c1-2-5-4-6(5)3-1;1-2-3(4)5/h1-4H;2H2,1H3,(H,4,5). The molecule has 0 aliphatic heterocycles. The molecule has 0 saturated heterocycles. The Kier molecular flexibility index (Phi) is 2.26. The lowest BCUT2D eigenvalue weighted by Crippen LogP contribution is -1.86. The van der Waals surface area contributed by atoms with Crippen LogP contribution in [0.1, 0.15) is 13.3 Å². The van der Waals surface area contributed by atoms with Crippen LogP contribution in [0.2, 0.25) is 0 Å². The molecule has 2 nitrogen and oxygen atoms in total. The number of hydrogen-bond acceptors (Lipinski definition) is 1. The Morgan fingerprint density at radius 3 is 2.00 bits per heavy atom. The number of benzene rings is 1. The zero-order valence-corrected chi connectivity index (χ0v) is 6.37. The second kappa shape index (κ2) is 3.19. The van der Waals surface area contributed by atoms with Gasteiger partial charge in [0.25, 0.3) is 0 Å². The van der Waals surface area contributed by atoms with Gasteiger partial charge < -0.3 is 5.11 Å². The van der Waals surface area contributed by atoms with E-state index in [-0.39, 0.29) is 6.42 Å². The van der Waals surface area contributed by atoms with Gasteiger partial charge in [-0.1, -0.05) is 25.1 Å². The molecule has 2 rings (SSSR count). The molecule has 0 bridgehead atoms. The molecule has 0 amide bonds. The molecule has 0 saturated carbocycles. The van der Waals surface area contributed by atoms with Crippen LogP contribution in [-0.4, -0.2) is 11.1 Å². The van der Waals surface area contributed by atoms with Gasteiger partial charge in [0.15, 0.2) is 0 Å². The van der Waals surface area contributed by atoms with Crippen molar-refractivity contribution in [2.45, 2.75) is 13.3 Å². The maximum atomic E-state index is 9.37. The number of hydrogen-bond donors (Lipinski definition) is 1. The minimum Gasteiger partial charge on any atom is -0.481 e. The molecule has 0 unspecified atom stereocenters. The highest BCUT2D eigenvalue weighted by Crippen LogP contribution is 2.32. The molecule has 11 heavy (non-hydrogen) atoms. The van der Waals surface area contributed by atoms with E-state index in [2.05, 4.69) is 24.3 Å². The molecule has 58 valence electrons. The van der Waals surface area contributed by atoms with Crippen LogP contribution in [-0.2, 0) is 4.79 Å². The normalized spacial score (nSPS) is 9.55. The van der Waals surface area contributed by atoms with Crippen LogP contribution in [0, 0.1) is 0 Å². The van der Waals surface area contributed by atoms with Gasteiger partial charge in [0, 0.05) is 6.42 Å². The van der Waals surface area contributed by atoms with Gasteiger partial charge in [0.1, 0.15) is 0 Å². The fourth-order valence-corrected chi connectivity index (χ4v) is 0.676. The van der Waals surface area contributed by atoms with Gasteiger partial charge in [-0.3, -0.25) is 4.79 Å². The molecule has 0 aromatic heterocycles. The van der Waals surface area contributed by atoms with E-state index in [1.165, 1.54) is 11.1 Å². The molecule has 0 aromatic carbocycles. The summed E-state index contributed by atoms with van der Waals surface area (Å²) in [6.45, 7) is 1.60. The molecule has 2 aliphatic rings. The highest BCUT2D eigenvalue weighted by Gasteiger charge is 2.06. The Bertz CT molecular complexity index is 249. The van der Waals surface area contributed by atoms with Crippen molar-refractivity contribution in [1.82, 2.24) is 0 Å². The predicted octanol–water partition coefficient (Wildman–Crippen LogP) is 2.15. The Hall–Kier alpha value is -1.31. The van der Waals surface area contributed by atoms with Crippen molar-refractivity contribution >= 4 is 5.97 Å². The summed E-state index contributed by atoms with van der Waals surface area (Å²) in [5, 5.41) is 7.72. The molecule has 0 radical (unpaired) electrons. The van der Waals surface area contributed by atoms with Gasteiger partial charge in [-0.15, -0.1) is 0 Å². The SMILES string of the molecule is CCC(=O)O.c1cc2cc-2c1. The third-order valence-corrected chi connectivity index (χ3v) is 1.42. The highest BCUT2D eigenvalue weighted by molar-refractivity contribution is 5.80. The molecule has 0 fully saturated rings. The Morgan fingerprint density at radius 2 is 1.91 bits per heavy atom. The number of carboxylic acid groups (broad SMARTS) is 1. The zero-order chi connectivity index (χ0) is 8.27. The van der Waals surface area contributed by atoms with Gasteiger partial charge in [0.05, 0.1) is 0 Å². The first kappa shape index (κ1) is 7.79. The number of carboxylic acids is 1. The predicted molar refractivity (Wildman–Crippen MR) is 43.4 cm³/mol. The minimum atomic E-state index is -0.745. The first-order chi connectivity index (χ1) is 5.24. The molecule has 0 atom stereocenters. The van der Waals surface area contributed by atoms with Gasteiger partial charge in [0.2, 0.25) is 0 Å². The Labute approximate surface area is 65.5 Å². The van der Waals surface area contributed by atoms with Gasteiger partial charge in [-0.25, -0.2) is 0 Å². The second-order valence-corrected chi connectivity index (χ2v) is 2.33. The summed E-state index contributed by atoms with van der Waals surface area (Å²) >= 11 is 0. The maximum absolute atomic E-state index is 9.37. The Morgan fingerprint density at radius 1 is 1.45 bits per heavy atom. The maximum Gasteiger partial charge on any atom is 0.303 e. The molecule has 1 N–H and O–H groups in total. The summed E-state index contributed by atoms with van der Waals surface area (Å²) in [6, 6.07) is 8.48. The molecular weight excluding hydrogens is 140 g/mol. The zero-order valence-electron chi connectivity index (χ0n) is 6.37. The van der Waals surface area contributed by atoms with Gasteiger partial charge in [-0.2, -0.15) is 0 Å². The smallest absolute Gasteiger partial charge is 0.303 e. The quantitative estimate of drug-likeness (QED) is 0.676. The molecular formula is C9H10O2. The second-order valence-electron chi connectivity index (χ2n) is 2.33. The number of aliphatic carboxylic acids is 1. The van der Waals surface area contributed by atoms with Gasteiger partial charge >= 0.3 is 5.97 Å². The summed E-state index contributed by atoms with van der Waals surface area (Å²) in [5.74, 6) is -0.745. The average Bonchev–Trinajstić information content (AvgIpc) is 2.61. The number of carbonyl (C=O) groups is 1. The molecule has 0 heterocycles. The van der Waals surface area contributed by atoms with Crippen LogP contribution in [0.3, 0.4) is 0 Å². The van der Waals surface area contributed by atoms with E-state index in [1.54, 1.807) is 6.92 Å². The van der Waals surface area contributed by atoms with Crippen LogP contribution in [0.5, 0.6) is 0 Å². The minimum absolute atomic E-state index is 0.222. The third-order valence-electron chi connectivity index (χ3n) is 1.42. The van der Waals surface area contributed by atoms with Crippen molar-refractivity contribution in [3.8, 4) is 11.1 Å². The largest absolute Gasteiger partial charge is 0.481 e. The summed E-state index contributed by atoms with van der Waals surface area (Å²) in [4.78, 5) is 9.37. The van der Waals surface area contributed by atoms with Crippen molar-refractivity contribution in [2.75, 3.05) is 0 Å². The summed E-state index contributed by atoms with van der Waals surface area (Å²) in [5.41, 5.74) is 2.85. The van der Waals surface area contributed by atoms with Crippen LogP contribution in [0.25, 0.3) is 11.1 Å². The van der Waals surface area contributed by atoms with E-state index in [0.717, 1.165) is 0 Å². The Balaban J connectivity index is 0.000000114. The van der Waals surface area contributed by atoms with E-state index in [4.69, 9.17) is 5.11 Å². The lowest BCUT2D eigenvalue weighted by atomic mass is 10.5. The highest BCUT2D eigenvalue weighted by atomic mass is 16.4. The van der Waals surface area contributed by atoms with E-state index < -0.39 is 5.97 Å². The molecule has 0 spiro atoms. The first-order valence-corrected chi connectivity index (χ1v) is 3.56. The van der Waals surface area contributed by atoms with E-state index in [9.17, 15) is 4.79 Å². The monoisotopic (exact) mass is 150 g/mol. The summed E-state index contributed by atoms with van der Waals surface area (Å²) in [6.07, 6.45) is 0.222. The van der Waals surface area contributed by atoms with E-state index in [1.807, 2.05) is 0 Å². The van der Waals surface area contributed by atoms with Crippen molar-refractivity contribution in [3.63, 3.8) is 0 Å². The summed E-state index contributed by atoms with van der Waals surface area (Å²) in [7, 11) is 0. The van der Waals surface area contributed by atoms with E-state index >= 15 is 0 Å². The van der Waals surface area contributed by atoms with Gasteiger partial charge in [-0.05, 0) is 17.2 Å². The first-order valence-electron chi connectivity index (χ1n) is 3.56. The lowest BCUT2D eigenvalue weighted by Gasteiger charge is -1.71. The molecule has 2 aliphatic carbocycles. The lowest BCUT2D eigenvalue weighted by molar-refractivity contribution is -0.136. The van der Waals surface area contributed by atoms with Crippen molar-refractivity contribution in [1.29, 1.82) is 0 Å². The molecule has 2 heteroatoms. The fourth-order valence-electron chi connectivity index (χ4n) is 0.676. The number of fused-ring (bicyclic) bond motifs is 1. The number of rotatable bonds is 1.